The lowest BCUT2D eigenvalue weighted by molar-refractivity contribution is -0.304. The number of hydrogen-bond donors (Lipinski definition) is 3. The number of carbonyl (C=O) groups excluding carboxylic acids is 2. The van der Waals surface area contributed by atoms with Crippen molar-refractivity contribution in [2.24, 2.45) is 23.7 Å². The molecule has 3 N–H and O–H groups in total. The zero-order valence-electron chi connectivity index (χ0n) is 36.3. The SMILES string of the molecule is CCC1OC(=O)CC(O)C(C)C(O[C@@H]2O[C@H](C)[C@@H](O)[C@H](N(C)C)[C@H]2O)C(CCN2CCCCC2)CC(C)C(=O)/C=C\C(C)=C\C1CN(Cc1ccccc1)C(C)C. The first-order chi connectivity index (χ1) is 27.1. The maximum Gasteiger partial charge on any atom is 0.308 e. The third-order valence-electron chi connectivity index (χ3n) is 12.6. The summed E-state index contributed by atoms with van der Waals surface area (Å²) < 4.78 is 19.2. The molecule has 2 fully saturated rings. The first-order valence-corrected chi connectivity index (χ1v) is 21.7. The number of allylic oxidation sites excluding steroid dienone is 3. The van der Waals surface area contributed by atoms with Crippen LogP contribution in [0.4, 0.5) is 0 Å². The monoisotopic (exact) mass is 798 g/mol. The number of aliphatic hydroxyl groups excluding tert-OH is 3. The van der Waals surface area contributed by atoms with Gasteiger partial charge in [0.1, 0.15) is 12.2 Å². The summed E-state index contributed by atoms with van der Waals surface area (Å²) in [5.74, 6) is -1.82. The predicted molar refractivity (Wildman–Crippen MR) is 224 cm³/mol. The highest BCUT2D eigenvalue weighted by Gasteiger charge is 2.47. The number of aliphatic hydroxyl groups is 3. The van der Waals surface area contributed by atoms with E-state index in [4.69, 9.17) is 14.2 Å². The van der Waals surface area contributed by atoms with Crippen LogP contribution in [0.1, 0.15) is 99.0 Å². The normalized spacial score (nSPS) is 35.9. The Kier molecular flexibility index (Phi) is 18.9. The number of piperidine rings is 1. The van der Waals surface area contributed by atoms with Crippen molar-refractivity contribution >= 4 is 11.8 Å². The molecule has 0 radical (unpaired) electrons. The fraction of sp³-hybridized carbons (Fsp3) is 0.739. The van der Waals surface area contributed by atoms with Gasteiger partial charge in [-0.05, 0) is 111 Å². The van der Waals surface area contributed by atoms with Crippen LogP contribution in [0.5, 0.6) is 0 Å². The molecule has 11 heteroatoms. The Balaban J connectivity index is 1.70. The maximum absolute atomic E-state index is 13.9. The first kappa shape index (κ1) is 47.2. The standard InChI is InChI=1S/C46H75N3O8/c1-10-40-37(29-49(30(2)3)28-35-17-13-11-14-18-35)25-31(4)19-20-38(50)32(5)26-36(21-24-48-22-15-12-16-23-48)45(33(6)39(51)27-41(52)56-40)57-46-44(54)42(47(8)9)43(53)34(7)55-46/h11,13-14,17-20,25,30,32-34,36-37,39-40,42-46,51,53-54H,10,12,15-16,21-24,26-29H2,1-9H3/b20-19-,31-25+/t32?,33?,34-,36?,37?,39?,40?,42+,43-,44-,45?,46+/m1/s1. The summed E-state index contributed by atoms with van der Waals surface area (Å²) in [5, 5.41) is 34.5. The maximum atomic E-state index is 13.9. The van der Waals surface area contributed by atoms with E-state index in [1.807, 2.05) is 52.0 Å². The number of cyclic esters (lactones) is 1. The molecule has 57 heavy (non-hydrogen) atoms. The first-order valence-electron chi connectivity index (χ1n) is 21.7. The highest BCUT2D eigenvalue weighted by atomic mass is 16.7. The lowest BCUT2D eigenvalue weighted by atomic mass is 9.79. The molecule has 0 aromatic heterocycles. The van der Waals surface area contributed by atoms with Crippen molar-refractivity contribution in [3.63, 3.8) is 0 Å². The topological polar surface area (TPSA) is 132 Å². The lowest BCUT2D eigenvalue weighted by Gasteiger charge is -2.47. The van der Waals surface area contributed by atoms with Crippen LogP contribution in [0.2, 0.25) is 0 Å². The molecule has 3 aliphatic heterocycles. The smallest absolute Gasteiger partial charge is 0.308 e. The van der Waals surface area contributed by atoms with E-state index in [-0.39, 0.29) is 36.0 Å². The zero-order chi connectivity index (χ0) is 41.8. The number of carbonyl (C=O) groups is 2. The van der Waals surface area contributed by atoms with Crippen LogP contribution in [-0.4, -0.2) is 137 Å². The van der Waals surface area contributed by atoms with Gasteiger partial charge < -0.3 is 39.3 Å². The molecule has 0 amide bonds. The quantitative estimate of drug-likeness (QED) is 0.228. The third-order valence-corrected chi connectivity index (χ3v) is 12.6. The van der Waals surface area contributed by atoms with Gasteiger partial charge in [-0.1, -0.05) is 75.2 Å². The van der Waals surface area contributed by atoms with Crippen molar-refractivity contribution in [1.82, 2.24) is 14.7 Å². The number of rotatable bonds is 12. The van der Waals surface area contributed by atoms with E-state index in [9.17, 15) is 24.9 Å². The molecule has 0 spiro atoms. The Morgan fingerprint density at radius 3 is 2.28 bits per heavy atom. The van der Waals surface area contributed by atoms with Crippen LogP contribution in [0.25, 0.3) is 0 Å². The highest BCUT2D eigenvalue weighted by molar-refractivity contribution is 5.91. The van der Waals surface area contributed by atoms with E-state index >= 15 is 0 Å². The molecule has 4 rings (SSSR count). The van der Waals surface area contributed by atoms with Crippen molar-refractivity contribution in [1.29, 1.82) is 0 Å². The van der Waals surface area contributed by atoms with Crippen LogP contribution < -0.4 is 0 Å². The van der Waals surface area contributed by atoms with Crippen molar-refractivity contribution in [2.75, 3.05) is 40.3 Å². The number of nitrogens with zero attached hydrogens (tertiary/aromatic N) is 3. The largest absolute Gasteiger partial charge is 0.462 e. The summed E-state index contributed by atoms with van der Waals surface area (Å²) in [5.41, 5.74) is 2.11. The molecular weight excluding hydrogens is 723 g/mol. The fourth-order valence-corrected chi connectivity index (χ4v) is 8.94. The Morgan fingerprint density at radius 1 is 0.965 bits per heavy atom. The molecular formula is C46H75N3O8. The van der Waals surface area contributed by atoms with Crippen LogP contribution in [0.3, 0.4) is 0 Å². The van der Waals surface area contributed by atoms with E-state index in [1.165, 1.54) is 12.0 Å². The molecule has 322 valence electrons. The molecule has 0 bridgehead atoms. The number of ether oxygens (including phenoxy) is 3. The molecule has 1 aromatic carbocycles. The van der Waals surface area contributed by atoms with Crippen LogP contribution in [-0.2, 0) is 30.3 Å². The molecule has 1 aromatic rings. The van der Waals surface area contributed by atoms with Crippen molar-refractivity contribution in [3.05, 3.63) is 59.7 Å². The van der Waals surface area contributed by atoms with Crippen LogP contribution in [0.15, 0.2) is 54.1 Å². The summed E-state index contributed by atoms with van der Waals surface area (Å²) in [4.78, 5) is 34.4. The van der Waals surface area contributed by atoms with E-state index in [0.29, 0.717) is 25.8 Å². The van der Waals surface area contributed by atoms with Gasteiger partial charge in [0.05, 0.1) is 36.9 Å². The second-order valence-corrected chi connectivity index (χ2v) is 17.7. The molecule has 3 heterocycles. The highest BCUT2D eigenvalue weighted by Crippen LogP contribution is 2.35. The predicted octanol–water partition coefficient (Wildman–Crippen LogP) is 5.61. The molecule has 3 aliphatic rings. The van der Waals surface area contributed by atoms with Gasteiger partial charge >= 0.3 is 5.97 Å². The Hall–Kier alpha value is -2.48. The molecule has 12 atom stereocenters. The van der Waals surface area contributed by atoms with Gasteiger partial charge in [-0.15, -0.1) is 0 Å². The number of benzene rings is 1. The summed E-state index contributed by atoms with van der Waals surface area (Å²) in [6, 6.07) is 9.90. The second kappa shape index (κ2) is 22.8. The van der Waals surface area contributed by atoms with Gasteiger partial charge in [-0.3, -0.25) is 14.5 Å². The van der Waals surface area contributed by atoms with E-state index in [0.717, 1.165) is 44.6 Å². The second-order valence-electron chi connectivity index (χ2n) is 17.7. The average molecular weight is 798 g/mol. The summed E-state index contributed by atoms with van der Waals surface area (Å²) in [6.07, 6.45) is 4.55. The Bertz CT molecular complexity index is 1430. The lowest BCUT2D eigenvalue weighted by Crippen LogP contribution is -2.63. The van der Waals surface area contributed by atoms with Gasteiger partial charge in [0.25, 0.3) is 0 Å². The summed E-state index contributed by atoms with van der Waals surface area (Å²) >= 11 is 0. The number of likely N-dealkylation sites (tertiary alicyclic amines) is 1. The van der Waals surface area contributed by atoms with Crippen molar-refractivity contribution in [2.45, 2.75) is 155 Å². The van der Waals surface area contributed by atoms with Crippen molar-refractivity contribution < 1.29 is 39.1 Å². The Morgan fingerprint density at radius 2 is 1.65 bits per heavy atom. The number of hydrogen-bond acceptors (Lipinski definition) is 11. The minimum Gasteiger partial charge on any atom is -0.462 e. The van der Waals surface area contributed by atoms with E-state index in [1.54, 1.807) is 32.0 Å². The van der Waals surface area contributed by atoms with Gasteiger partial charge in [0.2, 0.25) is 0 Å². The van der Waals surface area contributed by atoms with E-state index < -0.39 is 60.8 Å². The molecule has 11 nitrogen and oxygen atoms in total. The summed E-state index contributed by atoms with van der Waals surface area (Å²) in [6.45, 7) is 18.1. The van der Waals surface area contributed by atoms with Crippen molar-refractivity contribution in [3.8, 4) is 0 Å². The van der Waals surface area contributed by atoms with Gasteiger partial charge in [-0.2, -0.15) is 0 Å². The molecule has 7 unspecified atom stereocenters. The van der Waals surface area contributed by atoms with Gasteiger partial charge in [-0.25, -0.2) is 0 Å². The number of esters is 1. The minimum atomic E-state index is -1.19. The fourth-order valence-electron chi connectivity index (χ4n) is 8.94. The molecule has 0 saturated carbocycles. The average Bonchev–Trinajstić information content (AvgIpc) is 3.17. The number of ketones is 1. The zero-order valence-corrected chi connectivity index (χ0v) is 36.3. The molecule has 2 saturated heterocycles. The Labute approximate surface area is 343 Å². The summed E-state index contributed by atoms with van der Waals surface area (Å²) in [7, 11) is 3.60. The minimum absolute atomic E-state index is 0.00559. The van der Waals surface area contributed by atoms with E-state index in [2.05, 4.69) is 41.9 Å². The number of likely N-dealkylation sites (N-methyl/N-ethyl adjacent to an activating group) is 1. The third kappa shape index (κ3) is 13.8. The van der Waals surface area contributed by atoms with Gasteiger partial charge in [0.15, 0.2) is 12.1 Å². The van der Waals surface area contributed by atoms with Gasteiger partial charge in [0, 0.05) is 36.9 Å². The molecule has 0 aliphatic carbocycles. The van der Waals surface area contributed by atoms with Crippen LogP contribution >= 0.6 is 0 Å². The van der Waals surface area contributed by atoms with Crippen LogP contribution in [0, 0.1) is 23.7 Å².